The van der Waals surface area contributed by atoms with Crippen LogP contribution in [0, 0.1) is 0 Å². The van der Waals surface area contributed by atoms with Crippen molar-refractivity contribution < 1.29 is 0 Å². The summed E-state index contributed by atoms with van der Waals surface area (Å²) in [6.45, 7) is 7.67. The summed E-state index contributed by atoms with van der Waals surface area (Å²) in [5.74, 6) is 0. The average molecular weight is 305 g/mol. The first-order valence-electron chi connectivity index (χ1n) is 5.77. The fraction of sp³-hybridized carbons (Fsp3) is 0.667. The summed E-state index contributed by atoms with van der Waals surface area (Å²) >= 11 is 5.25. The first kappa shape index (κ1) is 14.2. The highest BCUT2D eigenvalue weighted by molar-refractivity contribution is 9.11. The van der Waals surface area contributed by atoms with Crippen molar-refractivity contribution in [2.24, 2.45) is 0 Å². The van der Waals surface area contributed by atoms with E-state index in [2.05, 4.69) is 58.5 Å². The van der Waals surface area contributed by atoms with Gasteiger partial charge in [0.05, 0.1) is 3.79 Å². The molecule has 0 aromatic carbocycles. The van der Waals surface area contributed by atoms with E-state index in [-0.39, 0.29) is 0 Å². The standard InChI is InChI=1S/C12H21BrN2S/c1-4-5-14-7-10(2)15(3)8-11-6-12(13)16-9-11/h6,9-10,14H,4-5,7-8H2,1-3H3. The van der Waals surface area contributed by atoms with Crippen molar-refractivity contribution in [2.45, 2.75) is 32.9 Å². The number of hydrogen-bond donors (Lipinski definition) is 1. The second kappa shape index (κ2) is 7.43. The van der Waals surface area contributed by atoms with E-state index in [0.717, 1.165) is 19.6 Å². The van der Waals surface area contributed by atoms with Crippen molar-refractivity contribution in [3.63, 3.8) is 0 Å². The van der Waals surface area contributed by atoms with Crippen LogP contribution in [0.25, 0.3) is 0 Å². The van der Waals surface area contributed by atoms with Gasteiger partial charge in [0.15, 0.2) is 0 Å². The minimum atomic E-state index is 0.574. The number of likely N-dealkylation sites (N-methyl/N-ethyl adjacent to an activating group) is 1. The van der Waals surface area contributed by atoms with E-state index in [1.165, 1.54) is 15.8 Å². The van der Waals surface area contributed by atoms with Crippen molar-refractivity contribution in [3.05, 3.63) is 20.8 Å². The molecule has 0 radical (unpaired) electrons. The van der Waals surface area contributed by atoms with Crippen molar-refractivity contribution in [1.82, 2.24) is 10.2 Å². The summed E-state index contributed by atoms with van der Waals surface area (Å²) in [6.07, 6.45) is 1.20. The molecular formula is C12H21BrN2S. The largest absolute Gasteiger partial charge is 0.315 e. The van der Waals surface area contributed by atoms with Gasteiger partial charge in [-0.05, 0) is 59.9 Å². The van der Waals surface area contributed by atoms with Crippen molar-refractivity contribution in [3.8, 4) is 0 Å². The number of nitrogens with zero attached hydrogens (tertiary/aromatic N) is 1. The monoisotopic (exact) mass is 304 g/mol. The fourth-order valence-corrected chi connectivity index (χ4v) is 2.72. The van der Waals surface area contributed by atoms with Gasteiger partial charge >= 0.3 is 0 Å². The summed E-state index contributed by atoms with van der Waals surface area (Å²) in [4.78, 5) is 2.39. The van der Waals surface area contributed by atoms with Crippen LogP contribution in [0.15, 0.2) is 15.2 Å². The summed E-state index contributed by atoms with van der Waals surface area (Å²) in [7, 11) is 2.18. The van der Waals surface area contributed by atoms with Gasteiger partial charge in [0, 0.05) is 19.1 Å². The van der Waals surface area contributed by atoms with Gasteiger partial charge in [-0.2, -0.15) is 0 Å². The first-order chi connectivity index (χ1) is 7.63. The van der Waals surface area contributed by atoms with Gasteiger partial charge in [-0.15, -0.1) is 11.3 Å². The third-order valence-electron chi connectivity index (χ3n) is 2.67. The Morgan fingerprint density at radius 2 is 2.31 bits per heavy atom. The molecule has 92 valence electrons. The predicted molar refractivity (Wildman–Crippen MR) is 76.1 cm³/mol. The highest BCUT2D eigenvalue weighted by atomic mass is 79.9. The van der Waals surface area contributed by atoms with Crippen molar-refractivity contribution in [1.29, 1.82) is 0 Å². The maximum Gasteiger partial charge on any atom is 0.0701 e. The van der Waals surface area contributed by atoms with Gasteiger partial charge < -0.3 is 5.32 Å². The molecule has 0 aliphatic rings. The van der Waals surface area contributed by atoms with Crippen molar-refractivity contribution >= 4 is 27.3 Å². The van der Waals surface area contributed by atoms with Gasteiger partial charge in [-0.3, -0.25) is 4.90 Å². The first-order valence-corrected chi connectivity index (χ1v) is 7.44. The zero-order valence-electron chi connectivity index (χ0n) is 10.3. The van der Waals surface area contributed by atoms with Crippen LogP contribution in [0.4, 0.5) is 0 Å². The minimum absolute atomic E-state index is 0.574. The Kier molecular flexibility index (Phi) is 6.58. The van der Waals surface area contributed by atoms with Gasteiger partial charge in [0.25, 0.3) is 0 Å². The number of rotatable bonds is 7. The molecule has 4 heteroatoms. The molecule has 1 unspecified atom stereocenters. The van der Waals surface area contributed by atoms with Crippen LogP contribution >= 0.6 is 27.3 Å². The van der Waals surface area contributed by atoms with Gasteiger partial charge in [-0.1, -0.05) is 6.92 Å². The Balaban J connectivity index is 2.30. The lowest BCUT2D eigenvalue weighted by Gasteiger charge is -2.24. The molecule has 16 heavy (non-hydrogen) atoms. The van der Waals surface area contributed by atoms with Crippen LogP contribution in [-0.2, 0) is 6.54 Å². The van der Waals surface area contributed by atoms with Crippen LogP contribution in [0.2, 0.25) is 0 Å². The summed E-state index contributed by atoms with van der Waals surface area (Å²) < 4.78 is 1.22. The summed E-state index contributed by atoms with van der Waals surface area (Å²) in [5.41, 5.74) is 1.39. The van der Waals surface area contributed by atoms with E-state index in [1.807, 2.05) is 0 Å². The molecule has 0 fully saturated rings. The van der Waals surface area contributed by atoms with E-state index < -0.39 is 0 Å². The van der Waals surface area contributed by atoms with E-state index in [1.54, 1.807) is 11.3 Å². The molecule has 1 aromatic heterocycles. The van der Waals surface area contributed by atoms with Crippen LogP contribution < -0.4 is 5.32 Å². The molecule has 1 rings (SSSR count). The maximum atomic E-state index is 3.50. The Hall–Kier alpha value is 0.100. The van der Waals surface area contributed by atoms with Gasteiger partial charge in [0.1, 0.15) is 0 Å². The molecule has 0 saturated heterocycles. The van der Waals surface area contributed by atoms with E-state index in [0.29, 0.717) is 6.04 Å². The lowest BCUT2D eigenvalue weighted by Crippen LogP contribution is -2.37. The van der Waals surface area contributed by atoms with Crippen LogP contribution in [0.3, 0.4) is 0 Å². The van der Waals surface area contributed by atoms with E-state index in [4.69, 9.17) is 0 Å². The third-order valence-corrected chi connectivity index (χ3v) is 4.23. The second-order valence-electron chi connectivity index (χ2n) is 4.23. The van der Waals surface area contributed by atoms with Crippen LogP contribution in [0.1, 0.15) is 25.8 Å². The number of thiophene rings is 1. The molecule has 1 heterocycles. The molecule has 0 saturated carbocycles. The number of hydrogen-bond acceptors (Lipinski definition) is 3. The predicted octanol–water partition coefficient (Wildman–Crippen LogP) is 3.33. The van der Waals surface area contributed by atoms with E-state index >= 15 is 0 Å². The zero-order valence-corrected chi connectivity index (χ0v) is 12.7. The third kappa shape index (κ3) is 4.95. The minimum Gasteiger partial charge on any atom is -0.315 e. The molecule has 0 aliphatic heterocycles. The lowest BCUT2D eigenvalue weighted by molar-refractivity contribution is 0.243. The van der Waals surface area contributed by atoms with E-state index in [9.17, 15) is 0 Å². The molecule has 1 aromatic rings. The highest BCUT2D eigenvalue weighted by Gasteiger charge is 2.09. The molecule has 0 bridgehead atoms. The van der Waals surface area contributed by atoms with Gasteiger partial charge in [-0.25, -0.2) is 0 Å². The molecule has 1 N–H and O–H groups in total. The summed E-state index contributed by atoms with van der Waals surface area (Å²) in [6, 6.07) is 2.78. The molecule has 1 atom stereocenters. The highest BCUT2D eigenvalue weighted by Crippen LogP contribution is 2.21. The Bertz CT molecular complexity index is 301. The average Bonchev–Trinajstić information content (AvgIpc) is 2.64. The summed E-state index contributed by atoms with van der Waals surface area (Å²) in [5, 5.41) is 5.67. The van der Waals surface area contributed by atoms with Crippen LogP contribution in [0.5, 0.6) is 0 Å². The zero-order chi connectivity index (χ0) is 12.0. The normalized spacial score (nSPS) is 13.3. The second-order valence-corrected chi connectivity index (χ2v) is 6.52. The quantitative estimate of drug-likeness (QED) is 0.777. The van der Waals surface area contributed by atoms with Crippen LogP contribution in [-0.4, -0.2) is 31.1 Å². The molecular weight excluding hydrogens is 284 g/mol. The molecule has 0 aliphatic carbocycles. The smallest absolute Gasteiger partial charge is 0.0701 e. The molecule has 2 nitrogen and oxygen atoms in total. The topological polar surface area (TPSA) is 15.3 Å². The molecule has 0 amide bonds. The fourth-order valence-electron chi connectivity index (χ4n) is 1.52. The Labute approximate surface area is 111 Å². The van der Waals surface area contributed by atoms with Crippen molar-refractivity contribution in [2.75, 3.05) is 20.1 Å². The Morgan fingerprint density at radius 3 is 2.88 bits per heavy atom. The number of nitrogens with one attached hydrogen (secondary N) is 1. The van der Waals surface area contributed by atoms with Gasteiger partial charge in [0.2, 0.25) is 0 Å². The lowest BCUT2D eigenvalue weighted by atomic mass is 10.2. The number of halogens is 1. The maximum absolute atomic E-state index is 3.50. The Morgan fingerprint density at radius 1 is 1.56 bits per heavy atom. The SMILES string of the molecule is CCCNCC(C)N(C)Cc1csc(Br)c1. The molecule has 0 spiro atoms.